The van der Waals surface area contributed by atoms with Crippen molar-refractivity contribution in [3.05, 3.63) is 176 Å². The van der Waals surface area contributed by atoms with E-state index in [0.29, 0.717) is 0 Å². The Morgan fingerprint density at radius 3 is 1.71 bits per heavy atom. The van der Waals surface area contributed by atoms with Gasteiger partial charge in [0.25, 0.3) is 0 Å². The molecule has 0 bridgehead atoms. The number of rotatable bonds is 4. The monoisotopic (exact) mass is 679 g/mol. The number of thiophene rings is 1. The lowest BCUT2D eigenvalue weighted by Gasteiger charge is -2.11. The summed E-state index contributed by atoms with van der Waals surface area (Å²) in [6.45, 7) is 0. The van der Waals surface area contributed by atoms with E-state index < -0.39 is 0 Å². The van der Waals surface area contributed by atoms with Crippen LogP contribution in [-0.2, 0) is 0 Å². The van der Waals surface area contributed by atoms with Crippen LogP contribution in [0.3, 0.4) is 0 Å². The minimum atomic E-state index is 0.838. The van der Waals surface area contributed by atoms with Gasteiger partial charge in [0.1, 0.15) is 0 Å². The molecule has 8 aromatic carbocycles. The zero-order chi connectivity index (χ0) is 34.2. The molecule has 11 aromatic rings. The van der Waals surface area contributed by atoms with E-state index in [9.17, 15) is 0 Å². The molecule has 4 heteroatoms. The van der Waals surface area contributed by atoms with Crippen LogP contribution in [0.4, 0.5) is 0 Å². The lowest BCUT2D eigenvalue weighted by atomic mass is 9.93. The summed E-state index contributed by atoms with van der Waals surface area (Å²) in [7, 11) is 0. The van der Waals surface area contributed by atoms with Gasteiger partial charge in [-0.1, -0.05) is 127 Å². The summed E-state index contributed by atoms with van der Waals surface area (Å²) in [6.07, 6.45) is 2.07. The van der Waals surface area contributed by atoms with Crippen molar-refractivity contribution in [2.45, 2.75) is 0 Å². The normalized spacial score (nSPS) is 11.8. The number of nitrogens with zero attached hydrogens (tertiary/aromatic N) is 3. The van der Waals surface area contributed by atoms with Crippen LogP contribution < -0.4 is 0 Å². The Balaban J connectivity index is 1.08. The number of hydrogen-bond acceptors (Lipinski definition) is 3. The summed E-state index contributed by atoms with van der Waals surface area (Å²) in [5.41, 5.74) is 9.20. The average Bonchev–Trinajstić information content (AvgIpc) is 3.82. The average molecular weight is 680 g/mol. The molecular formula is C48H29N3S. The molecule has 0 radical (unpaired) electrons. The summed E-state index contributed by atoms with van der Waals surface area (Å²) in [5.74, 6) is 0.838. The predicted octanol–water partition coefficient (Wildman–Crippen LogP) is 13.2. The van der Waals surface area contributed by atoms with Gasteiger partial charge in [0.05, 0.1) is 0 Å². The van der Waals surface area contributed by atoms with Gasteiger partial charge < -0.3 is 0 Å². The number of pyridine rings is 1. The number of hydrogen-bond donors (Lipinski definition) is 0. The lowest BCUT2D eigenvalue weighted by molar-refractivity contribution is 1.11. The molecule has 0 spiro atoms. The lowest BCUT2D eigenvalue weighted by Crippen LogP contribution is -1.90. The van der Waals surface area contributed by atoms with Gasteiger partial charge in [0.15, 0.2) is 11.5 Å². The second-order valence-electron chi connectivity index (χ2n) is 13.5. The molecule has 52 heavy (non-hydrogen) atoms. The molecule has 0 atom stereocenters. The van der Waals surface area contributed by atoms with Crippen molar-refractivity contribution >= 4 is 69.5 Å². The summed E-state index contributed by atoms with van der Waals surface area (Å²) in [4.78, 5) is 0. The largest absolute Gasteiger partial charge is 0.282 e. The summed E-state index contributed by atoms with van der Waals surface area (Å²) in [5, 5.41) is 19.1. The first-order chi connectivity index (χ1) is 25.7. The fourth-order valence-corrected chi connectivity index (χ4v) is 8.99. The van der Waals surface area contributed by atoms with E-state index >= 15 is 0 Å². The zero-order valence-corrected chi connectivity index (χ0v) is 28.8. The molecule has 242 valence electrons. The molecule has 3 heterocycles. The van der Waals surface area contributed by atoms with Crippen LogP contribution in [0, 0.1) is 0 Å². The Labute approximate surface area is 303 Å². The minimum Gasteiger partial charge on any atom is -0.282 e. The van der Waals surface area contributed by atoms with Crippen molar-refractivity contribution in [1.29, 1.82) is 0 Å². The number of benzene rings is 8. The van der Waals surface area contributed by atoms with E-state index in [1.54, 1.807) is 0 Å². The highest BCUT2D eigenvalue weighted by Crippen LogP contribution is 2.44. The van der Waals surface area contributed by atoms with E-state index in [1.807, 2.05) is 11.3 Å². The van der Waals surface area contributed by atoms with Crippen LogP contribution in [-0.4, -0.2) is 14.6 Å². The molecule has 0 aliphatic heterocycles. The molecular weight excluding hydrogens is 651 g/mol. The van der Waals surface area contributed by atoms with E-state index in [0.717, 1.165) is 27.8 Å². The third-order valence-corrected chi connectivity index (χ3v) is 11.7. The van der Waals surface area contributed by atoms with Gasteiger partial charge in [-0.25, -0.2) is 0 Å². The maximum Gasteiger partial charge on any atom is 0.168 e. The van der Waals surface area contributed by atoms with Gasteiger partial charge in [-0.2, -0.15) is 0 Å². The number of aromatic nitrogens is 3. The van der Waals surface area contributed by atoms with Gasteiger partial charge in [-0.05, 0) is 97.2 Å². The molecule has 3 nitrogen and oxygen atoms in total. The van der Waals surface area contributed by atoms with E-state index in [1.165, 1.54) is 75.1 Å². The second-order valence-corrected chi connectivity index (χ2v) is 14.6. The highest BCUT2D eigenvalue weighted by atomic mass is 32.1. The highest BCUT2D eigenvalue weighted by Gasteiger charge is 2.17. The van der Waals surface area contributed by atoms with E-state index in [2.05, 4.69) is 191 Å². The first-order valence-corrected chi connectivity index (χ1v) is 18.4. The Kier molecular flexibility index (Phi) is 6.42. The standard InChI is InChI=1S/C48H29N3S/c1-3-10-35-25-37(19-13-30(35)7-1)39-21-22-45-43(27-39)44-29-40(38-20-14-31-8-2-4-11-36(31)26-38)28-42(46(44)52-45)33-15-17-34(18-16-33)47-49-50-48-41-12-6-5-9-32(41)23-24-51(47)48/h1-29H. The van der Waals surface area contributed by atoms with Crippen molar-refractivity contribution in [1.82, 2.24) is 14.6 Å². The molecule has 0 saturated heterocycles. The molecule has 0 fully saturated rings. The highest BCUT2D eigenvalue weighted by molar-refractivity contribution is 7.26. The van der Waals surface area contributed by atoms with Crippen LogP contribution in [0.15, 0.2) is 176 Å². The Morgan fingerprint density at radius 1 is 0.385 bits per heavy atom. The van der Waals surface area contributed by atoms with E-state index in [-0.39, 0.29) is 0 Å². The van der Waals surface area contributed by atoms with Crippen LogP contribution >= 0.6 is 11.3 Å². The zero-order valence-electron chi connectivity index (χ0n) is 28.0. The smallest absolute Gasteiger partial charge is 0.168 e. The van der Waals surface area contributed by atoms with Crippen LogP contribution in [0.1, 0.15) is 0 Å². The summed E-state index contributed by atoms with van der Waals surface area (Å²) in [6, 6.07) is 61.8. The SMILES string of the molecule is c1ccc2cc(-c3ccc4sc5c(-c6ccc(-c7nnc8c9ccccc9ccn78)cc6)cc(-c6ccc7ccccc7c6)cc5c4c3)ccc2c1. The van der Waals surface area contributed by atoms with Crippen LogP contribution in [0.25, 0.3) is 103 Å². The van der Waals surface area contributed by atoms with Gasteiger partial charge >= 0.3 is 0 Å². The minimum absolute atomic E-state index is 0.838. The van der Waals surface area contributed by atoms with Crippen LogP contribution in [0.2, 0.25) is 0 Å². The van der Waals surface area contributed by atoms with Gasteiger partial charge in [0.2, 0.25) is 0 Å². The Bertz CT molecular complexity index is 3190. The van der Waals surface area contributed by atoms with Crippen molar-refractivity contribution in [3.8, 4) is 44.8 Å². The molecule has 0 amide bonds. The van der Waals surface area contributed by atoms with Crippen molar-refractivity contribution < 1.29 is 0 Å². The molecule has 0 saturated carbocycles. The molecule has 0 unspecified atom stereocenters. The van der Waals surface area contributed by atoms with Gasteiger partial charge in [-0.3, -0.25) is 4.40 Å². The first kappa shape index (κ1) is 29.1. The quantitative estimate of drug-likeness (QED) is 0.185. The van der Waals surface area contributed by atoms with Gasteiger partial charge in [0, 0.05) is 42.9 Å². The number of fused-ring (bicyclic) bond motifs is 8. The molecule has 0 aliphatic carbocycles. The summed E-state index contributed by atoms with van der Waals surface area (Å²) < 4.78 is 4.67. The predicted molar refractivity (Wildman–Crippen MR) is 220 cm³/mol. The van der Waals surface area contributed by atoms with Crippen molar-refractivity contribution in [2.24, 2.45) is 0 Å². The van der Waals surface area contributed by atoms with Crippen molar-refractivity contribution in [2.75, 3.05) is 0 Å². The van der Waals surface area contributed by atoms with Crippen LogP contribution in [0.5, 0.6) is 0 Å². The molecule has 0 N–H and O–H groups in total. The third-order valence-electron chi connectivity index (χ3n) is 10.5. The maximum atomic E-state index is 4.64. The van der Waals surface area contributed by atoms with E-state index in [4.69, 9.17) is 0 Å². The Morgan fingerprint density at radius 2 is 0.962 bits per heavy atom. The van der Waals surface area contributed by atoms with Gasteiger partial charge in [-0.15, -0.1) is 21.5 Å². The summed E-state index contributed by atoms with van der Waals surface area (Å²) >= 11 is 1.87. The topological polar surface area (TPSA) is 30.2 Å². The maximum absolute atomic E-state index is 4.64. The fourth-order valence-electron chi connectivity index (χ4n) is 7.79. The fraction of sp³-hybridized carbons (Fsp3) is 0. The third kappa shape index (κ3) is 4.65. The van der Waals surface area contributed by atoms with Crippen molar-refractivity contribution in [3.63, 3.8) is 0 Å². The Hall–Kier alpha value is -6.62. The second kappa shape index (κ2) is 11.5. The molecule has 3 aromatic heterocycles. The molecule has 0 aliphatic rings. The first-order valence-electron chi connectivity index (χ1n) is 17.6. The molecule has 11 rings (SSSR count).